The molecule has 2 aliphatic heterocycles. The van der Waals surface area contributed by atoms with Crippen LogP contribution in [0, 0.1) is 11.8 Å². The summed E-state index contributed by atoms with van der Waals surface area (Å²) in [6.07, 6.45) is 5.40. The number of carbonyl (C=O) groups excluding carboxylic acids is 1. The smallest absolute Gasteiger partial charge is 0.267 e. The van der Waals surface area contributed by atoms with Gasteiger partial charge < -0.3 is 4.90 Å². The van der Waals surface area contributed by atoms with Crippen molar-refractivity contribution >= 4 is 51.7 Å². The van der Waals surface area contributed by atoms with Gasteiger partial charge in [-0.25, -0.2) is 4.98 Å². The van der Waals surface area contributed by atoms with Crippen LogP contribution in [0.2, 0.25) is 0 Å². The Morgan fingerprint density at radius 3 is 2.65 bits per heavy atom. The molecule has 0 spiro atoms. The molecule has 0 N–H and O–H groups in total. The fourth-order valence-electron chi connectivity index (χ4n) is 4.47. The van der Waals surface area contributed by atoms with Gasteiger partial charge in [0.05, 0.1) is 10.5 Å². The number of thiocarbonyl (C=S) groups is 1. The van der Waals surface area contributed by atoms with E-state index in [0.29, 0.717) is 38.1 Å². The summed E-state index contributed by atoms with van der Waals surface area (Å²) in [4.78, 5) is 35.8. The van der Waals surface area contributed by atoms with Gasteiger partial charge in [-0.15, -0.1) is 0 Å². The minimum Gasteiger partial charge on any atom is -0.355 e. The van der Waals surface area contributed by atoms with Gasteiger partial charge >= 0.3 is 0 Å². The minimum absolute atomic E-state index is 0.0255. The number of hydrogen-bond acceptors (Lipinski definition) is 6. The van der Waals surface area contributed by atoms with Crippen LogP contribution < -0.4 is 10.5 Å². The van der Waals surface area contributed by atoms with E-state index in [4.69, 9.17) is 17.2 Å². The Morgan fingerprint density at radius 1 is 1.26 bits per heavy atom. The average molecular weight is 457 g/mol. The summed E-state index contributed by atoms with van der Waals surface area (Å²) < 4.78 is 2.09. The molecular weight excluding hydrogens is 428 g/mol. The molecule has 4 rings (SSSR count). The predicted molar refractivity (Wildman–Crippen MR) is 131 cm³/mol. The molecule has 2 fully saturated rings. The van der Waals surface area contributed by atoms with Crippen LogP contribution in [0.1, 0.15) is 46.1 Å². The largest absolute Gasteiger partial charge is 0.355 e. The van der Waals surface area contributed by atoms with Gasteiger partial charge in [-0.3, -0.25) is 18.9 Å². The molecule has 0 radical (unpaired) electrons. The Balaban J connectivity index is 1.86. The normalized spacial score (nSPS) is 24.5. The van der Waals surface area contributed by atoms with Crippen LogP contribution in [0.3, 0.4) is 0 Å². The Morgan fingerprint density at radius 2 is 1.97 bits per heavy atom. The predicted octanol–water partition coefficient (Wildman–Crippen LogP) is 4.18. The maximum Gasteiger partial charge on any atom is 0.267 e. The highest BCUT2D eigenvalue weighted by atomic mass is 32.2. The third-order valence-corrected chi connectivity index (χ3v) is 7.38. The molecule has 6 nitrogen and oxygen atoms in total. The second-order valence-corrected chi connectivity index (χ2v) is 10.4. The fraction of sp³-hybridized carbons (Fsp3) is 0.478. The Bertz CT molecular complexity index is 1120. The average Bonchev–Trinajstić information content (AvgIpc) is 3.01. The topological polar surface area (TPSA) is 57.9 Å². The van der Waals surface area contributed by atoms with Crippen molar-refractivity contribution in [2.75, 3.05) is 18.0 Å². The second kappa shape index (κ2) is 8.74. The number of fused-ring (bicyclic) bond motifs is 1. The minimum atomic E-state index is -0.166. The number of aromatic nitrogens is 2. The lowest BCUT2D eigenvalue weighted by atomic mass is 9.91. The first-order valence-corrected chi connectivity index (χ1v) is 12.1. The molecule has 0 unspecified atom stereocenters. The molecule has 3 atom stereocenters. The number of pyridine rings is 1. The van der Waals surface area contributed by atoms with Gasteiger partial charge in [0.1, 0.15) is 15.8 Å². The summed E-state index contributed by atoms with van der Waals surface area (Å²) in [5.74, 6) is 1.55. The number of hydrogen-bond donors (Lipinski definition) is 0. The van der Waals surface area contributed by atoms with Crippen molar-refractivity contribution in [1.82, 2.24) is 14.3 Å². The van der Waals surface area contributed by atoms with E-state index in [9.17, 15) is 9.59 Å². The van der Waals surface area contributed by atoms with Crippen LogP contribution >= 0.6 is 24.0 Å². The van der Waals surface area contributed by atoms with Crippen LogP contribution in [0.15, 0.2) is 34.1 Å². The van der Waals surface area contributed by atoms with Crippen molar-refractivity contribution in [1.29, 1.82) is 0 Å². The summed E-state index contributed by atoms with van der Waals surface area (Å²) in [7, 11) is 0. The highest BCUT2D eigenvalue weighted by Gasteiger charge is 2.35. The van der Waals surface area contributed by atoms with E-state index in [1.165, 1.54) is 11.8 Å². The Kier molecular flexibility index (Phi) is 6.21. The van der Waals surface area contributed by atoms with E-state index < -0.39 is 0 Å². The van der Waals surface area contributed by atoms with Crippen molar-refractivity contribution < 1.29 is 4.79 Å². The number of piperidine rings is 1. The van der Waals surface area contributed by atoms with Crippen LogP contribution in [0.5, 0.6) is 0 Å². The Labute approximate surface area is 192 Å². The van der Waals surface area contributed by atoms with Crippen molar-refractivity contribution in [2.45, 2.75) is 46.6 Å². The summed E-state index contributed by atoms with van der Waals surface area (Å²) in [6.45, 7) is 10.2. The molecule has 1 amide bonds. The molecular formula is C23H28N4O2S2. The second-order valence-electron chi connectivity index (χ2n) is 8.74. The molecule has 2 aromatic heterocycles. The lowest BCUT2D eigenvalue weighted by Crippen LogP contribution is -2.40. The fourth-order valence-corrected chi connectivity index (χ4v) is 5.91. The molecule has 2 saturated heterocycles. The van der Waals surface area contributed by atoms with Crippen LogP contribution in [0.4, 0.5) is 5.82 Å². The molecule has 0 aromatic carbocycles. The summed E-state index contributed by atoms with van der Waals surface area (Å²) >= 11 is 6.74. The first-order chi connectivity index (χ1) is 14.8. The number of nitrogens with zero attached hydrogens (tertiary/aromatic N) is 4. The number of thioether (sulfide) groups is 1. The van der Waals surface area contributed by atoms with Crippen LogP contribution in [-0.4, -0.2) is 43.6 Å². The molecule has 2 aliphatic rings. The van der Waals surface area contributed by atoms with Gasteiger partial charge in [-0.2, -0.15) is 0 Å². The molecule has 0 saturated carbocycles. The first-order valence-electron chi connectivity index (χ1n) is 10.8. The molecule has 0 aliphatic carbocycles. The van der Waals surface area contributed by atoms with Gasteiger partial charge in [0.25, 0.3) is 11.5 Å². The standard InChI is InChI=1S/C23H28N4O2S2/c1-5-16(4)27-22(29)18(31-23(27)30)11-17-20(25-12-14(2)10-15(3)13-25)24-19-8-6-7-9-26(19)21(17)28/h6-9,11,14-16H,5,10,12-13H2,1-4H3/b18-11-/t14-,15+,16-/m1/s1. The van der Waals surface area contributed by atoms with Gasteiger partial charge in [-0.1, -0.05) is 50.8 Å². The number of carbonyl (C=O) groups is 1. The third kappa shape index (κ3) is 4.15. The maximum atomic E-state index is 13.5. The van der Waals surface area contributed by atoms with Gasteiger partial charge in [0.15, 0.2) is 0 Å². The van der Waals surface area contributed by atoms with E-state index in [0.717, 1.165) is 25.9 Å². The SMILES string of the molecule is CC[C@@H](C)N1C(=O)/C(=C/c2c(N3C[C@H](C)C[C@H](C)C3)nc3ccccn3c2=O)SC1=S. The van der Waals surface area contributed by atoms with E-state index in [2.05, 4.69) is 18.7 Å². The third-order valence-electron chi connectivity index (χ3n) is 6.05. The number of amides is 1. The summed E-state index contributed by atoms with van der Waals surface area (Å²) in [5, 5.41) is 0. The van der Waals surface area contributed by atoms with Gasteiger partial charge in [0, 0.05) is 25.3 Å². The summed E-state index contributed by atoms with van der Waals surface area (Å²) in [5.41, 5.74) is 0.896. The number of anilines is 1. The van der Waals surface area contributed by atoms with Crippen LogP contribution in [-0.2, 0) is 4.79 Å². The van der Waals surface area contributed by atoms with Crippen molar-refractivity contribution in [3.8, 4) is 0 Å². The van der Waals surface area contributed by atoms with Crippen LogP contribution in [0.25, 0.3) is 11.7 Å². The van der Waals surface area contributed by atoms with E-state index >= 15 is 0 Å². The number of rotatable bonds is 4. The van der Waals surface area contributed by atoms with Crippen molar-refractivity contribution in [2.24, 2.45) is 11.8 Å². The van der Waals surface area contributed by atoms with Crippen molar-refractivity contribution in [3.05, 3.63) is 45.2 Å². The zero-order valence-corrected chi connectivity index (χ0v) is 20.0. The van der Waals surface area contributed by atoms with E-state index in [-0.39, 0.29) is 17.5 Å². The van der Waals surface area contributed by atoms with Crippen molar-refractivity contribution in [3.63, 3.8) is 0 Å². The van der Waals surface area contributed by atoms with Gasteiger partial charge in [0.2, 0.25) is 0 Å². The van der Waals surface area contributed by atoms with Gasteiger partial charge in [-0.05, 0) is 49.8 Å². The lowest BCUT2D eigenvalue weighted by molar-refractivity contribution is -0.123. The molecule has 0 bridgehead atoms. The molecule has 164 valence electrons. The monoisotopic (exact) mass is 456 g/mol. The maximum absolute atomic E-state index is 13.5. The zero-order valence-electron chi connectivity index (χ0n) is 18.4. The molecule has 2 aromatic rings. The van der Waals surface area contributed by atoms with E-state index in [1.54, 1.807) is 21.6 Å². The highest BCUT2D eigenvalue weighted by molar-refractivity contribution is 8.26. The molecule has 8 heteroatoms. The van der Waals surface area contributed by atoms with E-state index in [1.807, 2.05) is 32.0 Å². The first kappa shape index (κ1) is 22.0. The molecule has 31 heavy (non-hydrogen) atoms. The molecule has 4 heterocycles. The lowest BCUT2D eigenvalue weighted by Gasteiger charge is -2.36. The highest BCUT2D eigenvalue weighted by Crippen LogP contribution is 2.36. The summed E-state index contributed by atoms with van der Waals surface area (Å²) in [6, 6.07) is 5.56. The quantitative estimate of drug-likeness (QED) is 0.508. The Hall–Kier alpha value is -2.19. The zero-order chi connectivity index (χ0) is 22.3.